The lowest BCUT2D eigenvalue weighted by Gasteiger charge is -2.56. The standard InChI is InChI=1S/C24H32N2O4S/c27-22(25-8-10-31(29,30)20-5-2-1-3-6-20)21-7-4-9-26(21)23(28)24-14-17-11-18(15-24)13-19(12-17)16-24/h1-3,5-6,17-19,21H,4,7-16H2,(H,25,27). The molecule has 2 amide bonds. The van der Waals surface area contributed by atoms with Gasteiger partial charge in [-0.15, -0.1) is 0 Å². The van der Waals surface area contributed by atoms with Gasteiger partial charge in [0.2, 0.25) is 11.8 Å². The van der Waals surface area contributed by atoms with Gasteiger partial charge in [-0.2, -0.15) is 0 Å². The zero-order valence-corrected chi connectivity index (χ0v) is 18.8. The van der Waals surface area contributed by atoms with Gasteiger partial charge in [-0.1, -0.05) is 18.2 Å². The van der Waals surface area contributed by atoms with E-state index in [4.69, 9.17) is 0 Å². The minimum atomic E-state index is -3.44. The molecule has 6 rings (SSSR count). The quantitative estimate of drug-likeness (QED) is 0.731. The van der Waals surface area contributed by atoms with Crippen molar-refractivity contribution in [3.63, 3.8) is 0 Å². The molecular formula is C24H32N2O4S. The van der Waals surface area contributed by atoms with Crippen LogP contribution in [0.25, 0.3) is 0 Å². The molecule has 1 aliphatic heterocycles. The number of likely N-dealkylation sites (tertiary alicyclic amines) is 1. The van der Waals surface area contributed by atoms with Crippen molar-refractivity contribution in [3.05, 3.63) is 30.3 Å². The van der Waals surface area contributed by atoms with Crippen molar-refractivity contribution < 1.29 is 18.0 Å². The van der Waals surface area contributed by atoms with Crippen LogP contribution in [0.15, 0.2) is 35.2 Å². The second-order valence-corrected chi connectivity index (χ2v) is 12.4. The van der Waals surface area contributed by atoms with E-state index in [1.54, 1.807) is 30.3 Å². The van der Waals surface area contributed by atoms with Crippen LogP contribution in [0.2, 0.25) is 0 Å². The normalized spacial score (nSPS) is 34.1. The summed E-state index contributed by atoms with van der Waals surface area (Å²) < 4.78 is 24.9. The van der Waals surface area contributed by atoms with Crippen molar-refractivity contribution in [1.29, 1.82) is 0 Å². The Labute approximate surface area is 184 Å². The monoisotopic (exact) mass is 444 g/mol. The fourth-order valence-corrected chi connectivity index (χ4v) is 8.31. The van der Waals surface area contributed by atoms with Gasteiger partial charge in [-0.3, -0.25) is 9.59 Å². The molecule has 0 spiro atoms. The average Bonchev–Trinajstić information content (AvgIpc) is 3.22. The van der Waals surface area contributed by atoms with E-state index in [0.29, 0.717) is 30.7 Å². The molecule has 5 fully saturated rings. The Morgan fingerprint density at radius 2 is 1.61 bits per heavy atom. The molecule has 6 nitrogen and oxygen atoms in total. The Bertz CT molecular complexity index is 924. The lowest BCUT2D eigenvalue weighted by Crippen LogP contribution is -2.57. The fraction of sp³-hybridized carbons (Fsp3) is 0.667. The van der Waals surface area contributed by atoms with Crippen LogP contribution in [-0.2, 0) is 19.4 Å². The smallest absolute Gasteiger partial charge is 0.242 e. The second kappa shape index (κ2) is 7.91. The summed E-state index contributed by atoms with van der Waals surface area (Å²) in [5.74, 6) is 1.91. The van der Waals surface area contributed by atoms with Gasteiger partial charge in [0.25, 0.3) is 0 Å². The van der Waals surface area contributed by atoms with Crippen LogP contribution in [0.5, 0.6) is 0 Å². The van der Waals surface area contributed by atoms with Crippen LogP contribution >= 0.6 is 0 Å². The SMILES string of the molecule is O=C(NCCS(=O)(=O)c1ccccc1)C1CCCN1C(=O)C12CC3CC(CC(C3)C1)C2. The Morgan fingerprint density at radius 1 is 1.00 bits per heavy atom. The molecule has 31 heavy (non-hydrogen) atoms. The third kappa shape index (κ3) is 3.90. The summed E-state index contributed by atoms with van der Waals surface area (Å²) in [4.78, 5) is 28.7. The molecule has 0 radical (unpaired) electrons. The molecule has 5 aliphatic rings. The average molecular weight is 445 g/mol. The summed E-state index contributed by atoms with van der Waals surface area (Å²) >= 11 is 0. The maximum atomic E-state index is 13.7. The van der Waals surface area contributed by atoms with E-state index in [2.05, 4.69) is 5.32 Å². The maximum Gasteiger partial charge on any atom is 0.242 e. The van der Waals surface area contributed by atoms with Crippen LogP contribution in [0, 0.1) is 23.2 Å². The van der Waals surface area contributed by atoms with E-state index in [0.717, 1.165) is 25.7 Å². The molecule has 1 aromatic rings. The molecule has 168 valence electrons. The van der Waals surface area contributed by atoms with Gasteiger partial charge >= 0.3 is 0 Å². The minimum Gasteiger partial charge on any atom is -0.353 e. The Kier molecular flexibility index (Phi) is 5.35. The summed E-state index contributed by atoms with van der Waals surface area (Å²) in [5.41, 5.74) is -0.242. The summed E-state index contributed by atoms with van der Waals surface area (Å²) in [6.45, 7) is 0.701. The maximum absolute atomic E-state index is 13.7. The molecule has 4 bridgehead atoms. The second-order valence-electron chi connectivity index (χ2n) is 10.3. The van der Waals surface area contributed by atoms with Crippen molar-refractivity contribution in [1.82, 2.24) is 10.2 Å². The number of carbonyl (C=O) groups is 2. The number of hydrogen-bond donors (Lipinski definition) is 1. The highest BCUT2D eigenvalue weighted by Crippen LogP contribution is 2.60. The number of amides is 2. The first-order valence-electron chi connectivity index (χ1n) is 11.7. The minimum absolute atomic E-state index is 0.0615. The third-order valence-corrected chi connectivity index (χ3v) is 9.81. The van der Waals surface area contributed by atoms with E-state index < -0.39 is 15.9 Å². The number of benzene rings is 1. The summed E-state index contributed by atoms with van der Waals surface area (Å²) in [6, 6.07) is 7.84. The molecule has 1 atom stereocenters. The van der Waals surface area contributed by atoms with Crippen LogP contribution in [0.1, 0.15) is 51.4 Å². The number of sulfone groups is 1. The number of carbonyl (C=O) groups excluding carboxylic acids is 2. The fourth-order valence-electron chi connectivity index (χ4n) is 7.13. The topological polar surface area (TPSA) is 83.6 Å². The number of nitrogens with zero attached hydrogens (tertiary/aromatic N) is 1. The van der Waals surface area contributed by atoms with Gasteiger partial charge in [-0.25, -0.2) is 8.42 Å². The first-order chi connectivity index (χ1) is 14.9. The molecule has 0 aromatic heterocycles. The van der Waals surface area contributed by atoms with Gasteiger partial charge in [0, 0.05) is 13.1 Å². The number of hydrogen-bond acceptors (Lipinski definition) is 4. The van der Waals surface area contributed by atoms with Crippen molar-refractivity contribution in [2.75, 3.05) is 18.8 Å². The molecule has 7 heteroatoms. The zero-order valence-electron chi connectivity index (χ0n) is 18.0. The largest absolute Gasteiger partial charge is 0.353 e. The molecule has 1 unspecified atom stereocenters. The Balaban J connectivity index is 1.21. The molecule has 4 saturated carbocycles. The Hall–Kier alpha value is -1.89. The highest BCUT2D eigenvalue weighted by molar-refractivity contribution is 7.91. The van der Waals surface area contributed by atoms with Gasteiger partial charge in [0.15, 0.2) is 9.84 Å². The predicted molar refractivity (Wildman–Crippen MR) is 117 cm³/mol. The van der Waals surface area contributed by atoms with E-state index in [1.807, 2.05) is 4.90 Å². The lowest BCUT2D eigenvalue weighted by molar-refractivity contribution is -0.160. The molecular weight excluding hydrogens is 412 g/mol. The molecule has 1 aromatic carbocycles. The summed E-state index contributed by atoms with van der Waals surface area (Å²) in [5, 5.41) is 2.80. The van der Waals surface area contributed by atoms with Crippen molar-refractivity contribution in [2.45, 2.75) is 62.3 Å². The van der Waals surface area contributed by atoms with Gasteiger partial charge in [0.05, 0.1) is 16.1 Å². The van der Waals surface area contributed by atoms with Crippen LogP contribution in [-0.4, -0.2) is 50.0 Å². The van der Waals surface area contributed by atoms with E-state index in [9.17, 15) is 18.0 Å². The number of rotatable bonds is 6. The zero-order chi connectivity index (χ0) is 21.6. The van der Waals surface area contributed by atoms with Gasteiger partial charge in [0.1, 0.15) is 6.04 Å². The van der Waals surface area contributed by atoms with Crippen molar-refractivity contribution in [2.24, 2.45) is 23.2 Å². The molecule has 1 saturated heterocycles. The van der Waals surface area contributed by atoms with E-state index in [-0.39, 0.29) is 34.4 Å². The third-order valence-electron chi connectivity index (χ3n) is 8.08. The van der Waals surface area contributed by atoms with E-state index in [1.165, 1.54) is 19.3 Å². The van der Waals surface area contributed by atoms with Crippen LogP contribution in [0.4, 0.5) is 0 Å². The van der Waals surface area contributed by atoms with Gasteiger partial charge in [-0.05, 0) is 81.3 Å². The summed E-state index contributed by atoms with van der Waals surface area (Å²) in [6.07, 6.45) is 8.34. The summed E-state index contributed by atoms with van der Waals surface area (Å²) in [7, 11) is -3.44. The van der Waals surface area contributed by atoms with Crippen molar-refractivity contribution in [3.8, 4) is 0 Å². The first kappa shape index (κ1) is 21.0. The highest BCUT2D eigenvalue weighted by atomic mass is 32.2. The van der Waals surface area contributed by atoms with Crippen LogP contribution < -0.4 is 5.32 Å². The molecule has 4 aliphatic carbocycles. The number of nitrogens with one attached hydrogen (secondary N) is 1. The van der Waals surface area contributed by atoms with E-state index >= 15 is 0 Å². The predicted octanol–water partition coefficient (Wildman–Crippen LogP) is 2.78. The Morgan fingerprint density at radius 3 is 2.23 bits per heavy atom. The van der Waals surface area contributed by atoms with Crippen molar-refractivity contribution >= 4 is 21.7 Å². The highest BCUT2D eigenvalue weighted by Gasteiger charge is 2.56. The molecule has 1 heterocycles. The lowest BCUT2D eigenvalue weighted by atomic mass is 9.49. The molecule has 1 N–H and O–H groups in total. The van der Waals surface area contributed by atoms with Crippen LogP contribution in [0.3, 0.4) is 0 Å². The first-order valence-corrected chi connectivity index (χ1v) is 13.4. The van der Waals surface area contributed by atoms with Gasteiger partial charge < -0.3 is 10.2 Å².